The summed E-state index contributed by atoms with van der Waals surface area (Å²) in [6.45, 7) is 5.58. The maximum Gasteiger partial charge on any atom is 0.312 e. The SMILES string of the molecule is Cc1cccc(N2C[C@@H](C(=O)O[C@H](C)C(=O)Nc3ccc(C(N)=O)cc3)CC2=O)c1C. The fraction of sp³-hybridized carbons (Fsp3) is 0.304. The van der Waals surface area contributed by atoms with Gasteiger partial charge in [0.25, 0.3) is 5.91 Å². The number of aryl methyl sites for hydroxylation is 1. The summed E-state index contributed by atoms with van der Waals surface area (Å²) < 4.78 is 5.31. The molecule has 0 radical (unpaired) electrons. The number of esters is 1. The summed E-state index contributed by atoms with van der Waals surface area (Å²) in [6, 6.07) is 11.7. The van der Waals surface area contributed by atoms with Crippen LogP contribution in [0.1, 0.15) is 34.8 Å². The van der Waals surface area contributed by atoms with Crippen molar-refractivity contribution >= 4 is 35.1 Å². The molecule has 8 nitrogen and oxygen atoms in total. The second-order valence-corrected chi connectivity index (χ2v) is 7.63. The molecule has 3 amide bonds. The summed E-state index contributed by atoms with van der Waals surface area (Å²) in [6.07, 6.45) is -1.01. The Hall–Kier alpha value is -3.68. The van der Waals surface area contributed by atoms with Gasteiger partial charge in [-0.2, -0.15) is 0 Å². The van der Waals surface area contributed by atoms with E-state index in [4.69, 9.17) is 10.5 Å². The molecule has 3 N–H and O–H groups in total. The molecule has 0 saturated carbocycles. The number of carbonyl (C=O) groups is 4. The third kappa shape index (κ3) is 4.91. The van der Waals surface area contributed by atoms with E-state index in [1.165, 1.54) is 31.2 Å². The Balaban J connectivity index is 1.59. The minimum Gasteiger partial charge on any atom is -0.452 e. The second kappa shape index (κ2) is 8.99. The van der Waals surface area contributed by atoms with Crippen LogP contribution >= 0.6 is 0 Å². The lowest BCUT2D eigenvalue weighted by Crippen LogP contribution is -2.33. The lowest BCUT2D eigenvalue weighted by atomic mass is 10.1. The van der Waals surface area contributed by atoms with E-state index in [2.05, 4.69) is 5.32 Å². The van der Waals surface area contributed by atoms with E-state index in [1.807, 2.05) is 32.0 Å². The molecule has 2 aromatic rings. The van der Waals surface area contributed by atoms with Crippen molar-refractivity contribution in [3.05, 3.63) is 59.2 Å². The van der Waals surface area contributed by atoms with Crippen LogP contribution in [0, 0.1) is 19.8 Å². The van der Waals surface area contributed by atoms with Gasteiger partial charge >= 0.3 is 5.97 Å². The highest BCUT2D eigenvalue weighted by atomic mass is 16.5. The number of hydrogen-bond donors (Lipinski definition) is 2. The average Bonchev–Trinajstić information content (AvgIpc) is 3.12. The molecule has 31 heavy (non-hydrogen) atoms. The van der Waals surface area contributed by atoms with E-state index >= 15 is 0 Å². The van der Waals surface area contributed by atoms with Gasteiger partial charge < -0.3 is 20.7 Å². The molecule has 3 rings (SSSR count). The van der Waals surface area contributed by atoms with E-state index in [9.17, 15) is 19.2 Å². The molecule has 8 heteroatoms. The first-order valence-electron chi connectivity index (χ1n) is 9.95. The van der Waals surface area contributed by atoms with Gasteiger partial charge in [0.2, 0.25) is 11.8 Å². The molecule has 1 aliphatic rings. The minimum absolute atomic E-state index is 0.0368. The molecule has 1 aliphatic heterocycles. The highest BCUT2D eigenvalue weighted by molar-refractivity contribution is 6.01. The zero-order chi connectivity index (χ0) is 22.7. The smallest absolute Gasteiger partial charge is 0.312 e. The number of ether oxygens (including phenoxy) is 1. The van der Waals surface area contributed by atoms with Crippen molar-refractivity contribution in [1.29, 1.82) is 0 Å². The summed E-state index contributed by atoms with van der Waals surface area (Å²) in [5.41, 5.74) is 8.77. The van der Waals surface area contributed by atoms with Crippen molar-refractivity contribution in [3.8, 4) is 0 Å². The Morgan fingerprint density at radius 2 is 1.81 bits per heavy atom. The third-order valence-electron chi connectivity index (χ3n) is 5.42. The van der Waals surface area contributed by atoms with Crippen LogP contribution in [0.25, 0.3) is 0 Å². The van der Waals surface area contributed by atoms with Gasteiger partial charge in [0, 0.05) is 29.9 Å². The van der Waals surface area contributed by atoms with Crippen LogP contribution in [0.4, 0.5) is 11.4 Å². The molecule has 1 fully saturated rings. The highest BCUT2D eigenvalue weighted by Crippen LogP contribution is 2.30. The molecule has 0 bridgehead atoms. The Labute approximate surface area is 180 Å². The Kier molecular flexibility index (Phi) is 6.39. The molecule has 162 valence electrons. The zero-order valence-electron chi connectivity index (χ0n) is 17.7. The third-order valence-corrected chi connectivity index (χ3v) is 5.42. The van der Waals surface area contributed by atoms with Crippen LogP contribution in [-0.2, 0) is 19.1 Å². The van der Waals surface area contributed by atoms with Gasteiger partial charge in [-0.1, -0.05) is 12.1 Å². The molecule has 1 saturated heterocycles. The monoisotopic (exact) mass is 423 g/mol. The van der Waals surface area contributed by atoms with Crippen molar-refractivity contribution in [1.82, 2.24) is 0 Å². The van der Waals surface area contributed by atoms with Crippen molar-refractivity contribution in [2.75, 3.05) is 16.8 Å². The number of benzene rings is 2. The Morgan fingerprint density at radius 1 is 1.13 bits per heavy atom. The summed E-state index contributed by atoms with van der Waals surface area (Å²) in [5, 5.41) is 2.62. The van der Waals surface area contributed by atoms with E-state index in [0.29, 0.717) is 11.3 Å². The van der Waals surface area contributed by atoms with Gasteiger partial charge in [0.15, 0.2) is 6.10 Å². The molecule has 1 heterocycles. The first-order chi connectivity index (χ1) is 14.7. The van der Waals surface area contributed by atoms with Crippen LogP contribution in [0.3, 0.4) is 0 Å². The standard InChI is InChI=1S/C23H25N3O5/c1-13-5-4-6-19(14(13)2)26-12-17(11-20(26)27)23(30)31-15(3)22(29)25-18-9-7-16(8-10-18)21(24)28/h4-10,15,17H,11-12H2,1-3H3,(H2,24,28)(H,25,29)/t15-,17+/m1/s1. The van der Waals surface area contributed by atoms with Crippen LogP contribution in [0.5, 0.6) is 0 Å². The fourth-order valence-corrected chi connectivity index (χ4v) is 3.41. The van der Waals surface area contributed by atoms with Gasteiger partial charge in [0.1, 0.15) is 0 Å². The van der Waals surface area contributed by atoms with E-state index in [-0.39, 0.29) is 18.9 Å². The molecular formula is C23H25N3O5. The van der Waals surface area contributed by atoms with Crippen molar-refractivity contribution in [3.63, 3.8) is 0 Å². The van der Waals surface area contributed by atoms with Crippen LogP contribution in [0.15, 0.2) is 42.5 Å². The zero-order valence-corrected chi connectivity index (χ0v) is 17.7. The number of hydrogen-bond acceptors (Lipinski definition) is 5. The first-order valence-corrected chi connectivity index (χ1v) is 9.95. The maximum atomic E-state index is 12.6. The van der Waals surface area contributed by atoms with E-state index < -0.39 is 29.8 Å². The number of nitrogens with two attached hydrogens (primary N) is 1. The van der Waals surface area contributed by atoms with E-state index in [1.54, 1.807) is 4.90 Å². The van der Waals surface area contributed by atoms with Gasteiger partial charge in [-0.3, -0.25) is 19.2 Å². The molecular weight excluding hydrogens is 398 g/mol. The van der Waals surface area contributed by atoms with Crippen molar-refractivity contribution in [2.45, 2.75) is 33.3 Å². The molecule has 0 unspecified atom stereocenters. The van der Waals surface area contributed by atoms with Gasteiger partial charge in [-0.05, 0) is 62.2 Å². The molecule has 0 spiro atoms. The number of carbonyl (C=O) groups excluding carboxylic acids is 4. The first kappa shape index (κ1) is 22.0. The van der Waals surface area contributed by atoms with E-state index in [0.717, 1.165) is 16.8 Å². The Bertz CT molecular complexity index is 1030. The Morgan fingerprint density at radius 3 is 2.45 bits per heavy atom. The molecule has 0 aromatic heterocycles. The summed E-state index contributed by atoms with van der Waals surface area (Å²) in [4.78, 5) is 50.1. The number of anilines is 2. The molecule has 2 atom stereocenters. The molecule has 0 aliphatic carbocycles. The van der Waals surface area contributed by atoms with Crippen molar-refractivity contribution in [2.24, 2.45) is 11.7 Å². The van der Waals surface area contributed by atoms with Gasteiger partial charge in [-0.15, -0.1) is 0 Å². The number of rotatable bonds is 6. The van der Waals surface area contributed by atoms with Crippen molar-refractivity contribution < 1.29 is 23.9 Å². The van der Waals surface area contributed by atoms with Gasteiger partial charge in [0.05, 0.1) is 5.92 Å². The number of amides is 3. The van der Waals surface area contributed by atoms with Crippen LogP contribution in [0.2, 0.25) is 0 Å². The van der Waals surface area contributed by atoms with Crippen LogP contribution in [-0.4, -0.2) is 36.3 Å². The van der Waals surface area contributed by atoms with Crippen LogP contribution < -0.4 is 16.0 Å². The summed E-state index contributed by atoms with van der Waals surface area (Å²) >= 11 is 0. The fourth-order valence-electron chi connectivity index (χ4n) is 3.41. The number of nitrogens with zero attached hydrogens (tertiary/aromatic N) is 1. The average molecular weight is 423 g/mol. The normalized spacial score (nSPS) is 16.7. The maximum absolute atomic E-state index is 12.6. The summed E-state index contributed by atoms with van der Waals surface area (Å²) in [5.74, 6) is -2.47. The largest absolute Gasteiger partial charge is 0.452 e. The predicted molar refractivity (Wildman–Crippen MR) is 116 cm³/mol. The predicted octanol–water partition coefficient (Wildman–Crippen LogP) is 2.33. The lowest BCUT2D eigenvalue weighted by Gasteiger charge is -2.20. The highest BCUT2D eigenvalue weighted by Gasteiger charge is 2.37. The summed E-state index contributed by atoms with van der Waals surface area (Å²) in [7, 11) is 0. The number of primary amides is 1. The topological polar surface area (TPSA) is 119 Å². The lowest BCUT2D eigenvalue weighted by molar-refractivity contribution is -0.157. The number of nitrogens with one attached hydrogen (secondary N) is 1. The quantitative estimate of drug-likeness (QED) is 0.691. The minimum atomic E-state index is -1.05. The van der Waals surface area contributed by atoms with Gasteiger partial charge in [-0.25, -0.2) is 0 Å². The molecule has 2 aromatic carbocycles. The second-order valence-electron chi connectivity index (χ2n) is 7.63.